The Morgan fingerprint density at radius 2 is 2.00 bits per heavy atom. The summed E-state index contributed by atoms with van der Waals surface area (Å²) in [6, 6.07) is 9.29. The molecule has 0 bridgehead atoms. The van der Waals surface area contributed by atoms with E-state index in [-0.39, 0.29) is 10.3 Å². The molecule has 0 amide bonds. The lowest BCUT2D eigenvalue weighted by Gasteiger charge is -2.08. The summed E-state index contributed by atoms with van der Waals surface area (Å²) in [7, 11) is 0. The first kappa shape index (κ1) is 14.9. The van der Waals surface area contributed by atoms with E-state index in [9.17, 15) is 4.79 Å². The lowest BCUT2D eigenvalue weighted by atomic mass is 10.3. The Balaban J connectivity index is 0.00000180. The minimum absolute atomic E-state index is 0. The predicted molar refractivity (Wildman–Crippen MR) is 73.0 cm³/mol. The molecule has 1 aromatic carbocycles. The van der Waals surface area contributed by atoms with Crippen LogP contribution in [0.15, 0.2) is 41.7 Å². The maximum atomic E-state index is 11.1. The van der Waals surface area contributed by atoms with Gasteiger partial charge < -0.3 is 10.4 Å². The fraction of sp³-hybridized carbons (Fsp3) is 0.0833. The quantitative estimate of drug-likeness (QED) is 0.663. The number of aromatic nitrogens is 2. The van der Waals surface area contributed by atoms with Crippen LogP contribution >= 0.6 is 11.8 Å². The molecule has 0 spiro atoms. The summed E-state index contributed by atoms with van der Waals surface area (Å²) in [5.74, 6) is -0.755. The van der Waals surface area contributed by atoms with E-state index in [2.05, 4.69) is 15.3 Å². The number of carboxylic acids is 1. The molecule has 0 fully saturated rings. The highest BCUT2D eigenvalue weighted by molar-refractivity contribution is 7.98. The van der Waals surface area contributed by atoms with Gasteiger partial charge in [-0.25, -0.2) is 14.8 Å². The van der Waals surface area contributed by atoms with E-state index < -0.39 is 5.97 Å². The third-order valence-corrected chi connectivity index (χ3v) is 2.78. The Bertz CT molecular complexity index is 566. The number of nitrogens with zero attached hydrogens (tertiary/aromatic N) is 2. The zero-order valence-electron chi connectivity index (χ0n) is 10.0. The van der Waals surface area contributed by atoms with Crippen molar-refractivity contribution >= 4 is 29.2 Å². The molecular formula is C12H12FN3O2S. The van der Waals surface area contributed by atoms with Crippen molar-refractivity contribution in [3.8, 4) is 0 Å². The normalized spacial score (nSPS) is 9.53. The number of carbonyl (C=O) groups is 1. The lowest BCUT2D eigenvalue weighted by molar-refractivity contribution is 0.0697. The SMILES string of the molecule is CSc1ncc(C(=O)O)c(Nc2ccccc2)n1.F. The molecule has 19 heavy (non-hydrogen) atoms. The third kappa shape index (κ3) is 3.65. The van der Waals surface area contributed by atoms with E-state index in [0.29, 0.717) is 11.0 Å². The minimum Gasteiger partial charge on any atom is -0.477 e. The van der Waals surface area contributed by atoms with Gasteiger partial charge in [-0.1, -0.05) is 30.0 Å². The first-order chi connectivity index (χ1) is 8.70. The van der Waals surface area contributed by atoms with Crippen molar-refractivity contribution < 1.29 is 14.6 Å². The van der Waals surface area contributed by atoms with E-state index in [0.717, 1.165) is 5.69 Å². The third-order valence-electron chi connectivity index (χ3n) is 2.22. The molecule has 0 radical (unpaired) electrons. The summed E-state index contributed by atoms with van der Waals surface area (Å²) in [4.78, 5) is 19.2. The zero-order valence-corrected chi connectivity index (χ0v) is 10.8. The van der Waals surface area contributed by atoms with Crippen LogP contribution in [0.2, 0.25) is 0 Å². The van der Waals surface area contributed by atoms with Gasteiger partial charge in [0.1, 0.15) is 11.4 Å². The summed E-state index contributed by atoms with van der Waals surface area (Å²) >= 11 is 1.36. The number of hydrogen-bond acceptors (Lipinski definition) is 5. The zero-order chi connectivity index (χ0) is 13.0. The summed E-state index contributed by atoms with van der Waals surface area (Å²) < 4.78 is 0. The number of aromatic carboxylic acids is 1. The van der Waals surface area contributed by atoms with Crippen molar-refractivity contribution in [3.05, 3.63) is 42.1 Å². The summed E-state index contributed by atoms with van der Waals surface area (Å²) in [6.07, 6.45) is 3.15. The number of thioether (sulfide) groups is 1. The van der Waals surface area contributed by atoms with E-state index in [4.69, 9.17) is 5.11 Å². The van der Waals surface area contributed by atoms with Crippen LogP contribution in [0.1, 0.15) is 10.4 Å². The van der Waals surface area contributed by atoms with Crippen LogP contribution in [0, 0.1) is 0 Å². The van der Waals surface area contributed by atoms with Gasteiger partial charge in [-0.3, -0.25) is 4.70 Å². The Kier molecular flexibility index (Phi) is 5.25. The van der Waals surface area contributed by atoms with Gasteiger partial charge in [-0.05, 0) is 18.4 Å². The van der Waals surface area contributed by atoms with Crippen LogP contribution in [0.3, 0.4) is 0 Å². The number of carboxylic acid groups (broad SMARTS) is 1. The number of hydrogen-bond donors (Lipinski definition) is 2. The van der Waals surface area contributed by atoms with Crippen LogP contribution < -0.4 is 5.32 Å². The second-order valence-corrected chi connectivity index (χ2v) is 4.19. The predicted octanol–water partition coefficient (Wildman–Crippen LogP) is 2.79. The molecule has 100 valence electrons. The number of nitrogens with one attached hydrogen (secondary N) is 1. The summed E-state index contributed by atoms with van der Waals surface area (Å²) in [5.41, 5.74) is 0.836. The number of halogens is 1. The van der Waals surface area contributed by atoms with Crippen molar-refractivity contribution in [3.63, 3.8) is 0 Å². The number of para-hydroxylation sites is 1. The van der Waals surface area contributed by atoms with Crippen molar-refractivity contribution in [2.75, 3.05) is 11.6 Å². The Labute approximate surface area is 113 Å². The average molecular weight is 281 g/mol. The molecule has 5 nitrogen and oxygen atoms in total. The average Bonchev–Trinajstić information content (AvgIpc) is 2.39. The van der Waals surface area contributed by atoms with Gasteiger partial charge in [0, 0.05) is 11.9 Å². The molecule has 0 aliphatic heterocycles. The standard InChI is InChI=1S/C12H11N3O2S.FH/c1-18-12-13-7-9(11(16)17)10(15-12)14-8-5-3-2-4-6-8;/h2-7H,1H3,(H,16,17)(H,13,14,15);1H. The molecular weight excluding hydrogens is 269 g/mol. The molecule has 2 rings (SSSR count). The monoisotopic (exact) mass is 281 g/mol. The van der Waals surface area contributed by atoms with E-state index in [1.807, 2.05) is 36.6 Å². The van der Waals surface area contributed by atoms with Crippen LogP contribution in [-0.4, -0.2) is 27.3 Å². The maximum absolute atomic E-state index is 11.1. The molecule has 0 unspecified atom stereocenters. The van der Waals surface area contributed by atoms with Crippen molar-refractivity contribution in [2.45, 2.75) is 5.16 Å². The molecule has 0 aliphatic rings. The van der Waals surface area contributed by atoms with Crippen molar-refractivity contribution in [1.82, 2.24) is 9.97 Å². The van der Waals surface area contributed by atoms with E-state index in [1.165, 1.54) is 18.0 Å². The maximum Gasteiger partial charge on any atom is 0.341 e. The van der Waals surface area contributed by atoms with E-state index in [1.54, 1.807) is 0 Å². The van der Waals surface area contributed by atoms with Gasteiger partial charge in [0.2, 0.25) is 0 Å². The molecule has 2 N–H and O–H groups in total. The summed E-state index contributed by atoms with van der Waals surface area (Å²) in [6.45, 7) is 0. The Hall–Kier alpha value is -2.15. The molecule has 2 aromatic rings. The molecule has 0 aliphatic carbocycles. The highest BCUT2D eigenvalue weighted by atomic mass is 32.2. The topological polar surface area (TPSA) is 75.1 Å². The van der Waals surface area contributed by atoms with Gasteiger partial charge in [0.05, 0.1) is 0 Å². The van der Waals surface area contributed by atoms with Crippen LogP contribution in [0.25, 0.3) is 0 Å². The smallest absolute Gasteiger partial charge is 0.341 e. The fourth-order valence-electron chi connectivity index (χ4n) is 1.37. The highest BCUT2D eigenvalue weighted by Gasteiger charge is 2.13. The second kappa shape index (κ2) is 6.69. The van der Waals surface area contributed by atoms with Crippen LogP contribution in [0.4, 0.5) is 16.2 Å². The van der Waals surface area contributed by atoms with Gasteiger partial charge in [-0.15, -0.1) is 0 Å². The summed E-state index contributed by atoms with van der Waals surface area (Å²) in [5, 5.41) is 12.6. The molecule has 1 aromatic heterocycles. The lowest BCUT2D eigenvalue weighted by Crippen LogP contribution is -2.06. The van der Waals surface area contributed by atoms with Gasteiger partial charge >= 0.3 is 5.97 Å². The number of rotatable bonds is 4. The largest absolute Gasteiger partial charge is 0.477 e. The highest BCUT2D eigenvalue weighted by Crippen LogP contribution is 2.20. The molecule has 7 heteroatoms. The second-order valence-electron chi connectivity index (χ2n) is 3.42. The van der Waals surface area contributed by atoms with Crippen molar-refractivity contribution in [1.29, 1.82) is 0 Å². The van der Waals surface area contributed by atoms with Crippen LogP contribution in [0.5, 0.6) is 0 Å². The molecule has 0 atom stereocenters. The molecule has 0 saturated carbocycles. The van der Waals surface area contributed by atoms with Gasteiger partial charge in [-0.2, -0.15) is 0 Å². The Morgan fingerprint density at radius 3 is 2.58 bits per heavy atom. The molecule has 1 heterocycles. The first-order valence-corrected chi connectivity index (χ1v) is 6.39. The van der Waals surface area contributed by atoms with Crippen molar-refractivity contribution in [2.24, 2.45) is 0 Å². The first-order valence-electron chi connectivity index (χ1n) is 5.17. The van der Waals surface area contributed by atoms with E-state index >= 15 is 0 Å². The van der Waals surface area contributed by atoms with Crippen LogP contribution in [-0.2, 0) is 0 Å². The number of benzene rings is 1. The van der Waals surface area contributed by atoms with Gasteiger partial charge in [0.15, 0.2) is 5.16 Å². The minimum atomic E-state index is -1.05. The Morgan fingerprint density at radius 1 is 1.32 bits per heavy atom. The van der Waals surface area contributed by atoms with Gasteiger partial charge in [0.25, 0.3) is 0 Å². The number of anilines is 2. The fourth-order valence-corrected chi connectivity index (χ4v) is 1.71. The molecule has 0 saturated heterocycles.